The second-order valence-electron chi connectivity index (χ2n) is 5.52. The Balaban J connectivity index is 2.11. The number of thioether (sulfide) groups is 1. The molecule has 1 aliphatic heterocycles. The molecule has 118 valence electrons. The topological polar surface area (TPSA) is 66.0 Å². The Morgan fingerprint density at radius 2 is 2.23 bits per heavy atom. The molecule has 2 heterocycles. The minimum absolute atomic E-state index is 0.0471. The van der Waals surface area contributed by atoms with Crippen LogP contribution in [0.1, 0.15) is 56.5 Å². The van der Waals surface area contributed by atoms with Crippen LogP contribution in [0.4, 0.5) is 0 Å². The van der Waals surface area contributed by atoms with Crippen molar-refractivity contribution >= 4 is 17.7 Å². The maximum absolute atomic E-state index is 12.0. The van der Waals surface area contributed by atoms with Gasteiger partial charge >= 0.3 is 0 Å². The lowest BCUT2D eigenvalue weighted by Gasteiger charge is -2.23. The smallest absolute Gasteiger partial charge is 0.225 e. The molecule has 1 aromatic rings. The Hall–Kier alpha value is -1.67. The van der Waals surface area contributed by atoms with E-state index < -0.39 is 0 Å². The lowest BCUT2D eigenvalue weighted by Crippen LogP contribution is -2.30. The number of amides is 1. The quantitative estimate of drug-likeness (QED) is 0.764. The molecule has 0 saturated carbocycles. The molecule has 0 radical (unpaired) electrons. The summed E-state index contributed by atoms with van der Waals surface area (Å²) in [5.41, 5.74) is 0.620. The highest BCUT2D eigenvalue weighted by Gasteiger charge is 2.31. The number of carbonyl (C=O) groups is 1. The highest BCUT2D eigenvalue weighted by atomic mass is 32.2. The summed E-state index contributed by atoms with van der Waals surface area (Å²) in [6.07, 6.45) is 4.99. The van der Waals surface area contributed by atoms with Gasteiger partial charge in [-0.1, -0.05) is 26.2 Å². The molecule has 4 nitrogen and oxygen atoms in total. The van der Waals surface area contributed by atoms with Gasteiger partial charge in [-0.3, -0.25) is 4.79 Å². The number of carbonyl (C=O) groups excluding carboxylic acids is 1. The molecule has 22 heavy (non-hydrogen) atoms. The zero-order valence-electron chi connectivity index (χ0n) is 13.1. The summed E-state index contributed by atoms with van der Waals surface area (Å²) in [5.74, 6) is 2.12. The van der Waals surface area contributed by atoms with E-state index in [1.807, 2.05) is 19.1 Å². The predicted molar refractivity (Wildman–Crippen MR) is 88.2 cm³/mol. The van der Waals surface area contributed by atoms with E-state index in [4.69, 9.17) is 4.42 Å². The van der Waals surface area contributed by atoms with Crippen LogP contribution < -0.4 is 5.32 Å². The van der Waals surface area contributed by atoms with Crippen LogP contribution >= 0.6 is 11.8 Å². The minimum atomic E-state index is -0.259. The number of aryl methyl sites for hydroxylation is 1. The molecule has 0 unspecified atom stereocenters. The van der Waals surface area contributed by atoms with Crippen molar-refractivity contribution in [3.05, 3.63) is 34.3 Å². The fourth-order valence-electron chi connectivity index (χ4n) is 2.52. The number of furan rings is 1. The maximum atomic E-state index is 12.0. The first kappa shape index (κ1) is 16.7. The number of rotatable bonds is 7. The molecule has 1 aliphatic rings. The van der Waals surface area contributed by atoms with Gasteiger partial charge in [-0.25, -0.2) is 0 Å². The van der Waals surface area contributed by atoms with Crippen LogP contribution in [-0.4, -0.2) is 11.7 Å². The van der Waals surface area contributed by atoms with Crippen molar-refractivity contribution < 1.29 is 9.21 Å². The van der Waals surface area contributed by atoms with Crippen LogP contribution in [0.5, 0.6) is 0 Å². The summed E-state index contributed by atoms with van der Waals surface area (Å²) in [7, 11) is 0. The van der Waals surface area contributed by atoms with Crippen molar-refractivity contribution in [2.75, 3.05) is 5.75 Å². The first-order valence-electron chi connectivity index (χ1n) is 7.79. The van der Waals surface area contributed by atoms with Gasteiger partial charge in [-0.15, -0.1) is 11.8 Å². The molecule has 2 rings (SSSR count). The molecule has 5 heteroatoms. The van der Waals surface area contributed by atoms with Crippen molar-refractivity contribution in [1.29, 1.82) is 5.26 Å². The highest BCUT2D eigenvalue weighted by Crippen LogP contribution is 2.36. The van der Waals surface area contributed by atoms with Crippen LogP contribution in [-0.2, 0) is 4.79 Å². The zero-order valence-corrected chi connectivity index (χ0v) is 14.0. The van der Waals surface area contributed by atoms with Crippen LogP contribution in [0.3, 0.4) is 0 Å². The summed E-state index contributed by atoms with van der Waals surface area (Å²) >= 11 is 1.57. The largest absolute Gasteiger partial charge is 0.466 e. The lowest BCUT2D eigenvalue weighted by molar-refractivity contribution is -0.120. The number of nitriles is 1. The van der Waals surface area contributed by atoms with Crippen LogP contribution in [0, 0.1) is 18.3 Å². The molecule has 0 fully saturated rings. The van der Waals surface area contributed by atoms with Crippen molar-refractivity contribution in [2.45, 2.75) is 51.9 Å². The molecule has 1 N–H and O–H groups in total. The van der Waals surface area contributed by atoms with Gasteiger partial charge in [0.1, 0.15) is 11.5 Å². The normalized spacial score (nSPS) is 18.2. The van der Waals surface area contributed by atoms with Gasteiger partial charge in [0.15, 0.2) is 0 Å². The van der Waals surface area contributed by atoms with E-state index >= 15 is 0 Å². The van der Waals surface area contributed by atoms with Gasteiger partial charge in [0, 0.05) is 6.42 Å². The van der Waals surface area contributed by atoms with Crippen molar-refractivity contribution in [2.24, 2.45) is 0 Å². The molecule has 0 aromatic carbocycles. The van der Waals surface area contributed by atoms with Gasteiger partial charge < -0.3 is 9.73 Å². The third-order valence-corrected chi connectivity index (χ3v) is 4.81. The van der Waals surface area contributed by atoms with Crippen LogP contribution in [0.15, 0.2) is 27.2 Å². The van der Waals surface area contributed by atoms with Gasteiger partial charge in [0.2, 0.25) is 5.91 Å². The van der Waals surface area contributed by atoms with Crippen LogP contribution in [0.25, 0.3) is 0 Å². The van der Waals surface area contributed by atoms with E-state index in [0.717, 1.165) is 17.9 Å². The van der Waals surface area contributed by atoms with Crippen molar-refractivity contribution in [3.8, 4) is 6.07 Å². The number of hydrogen-bond acceptors (Lipinski definition) is 4. The van der Waals surface area contributed by atoms with Crippen LogP contribution in [0.2, 0.25) is 0 Å². The van der Waals surface area contributed by atoms with Crippen molar-refractivity contribution in [1.82, 2.24) is 5.32 Å². The maximum Gasteiger partial charge on any atom is 0.225 e. The first-order chi connectivity index (χ1) is 10.7. The molecule has 0 spiro atoms. The van der Waals surface area contributed by atoms with E-state index in [1.54, 1.807) is 11.8 Å². The van der Waals surface area contributed by atoms with Crippen molar-refractivity contribution in [3.63, 3.8) is 0 Å². The molecular weight excluding hydrogens is 296 g/mol. The Labute approximate surface area is 136 Å². The van der Waals surface area contributed by atoms with Gasteiger partial charge in [0.05, 0.1) is 22.6 Å². The molecular formula is C17H22N2O2S. The Morgan fingerprint density at radius 3 is 2.86 bits per heavy atom. The first-order valence-corrected chi connectivity index (χ1v) is 8.77. The molecule has 0 bridgehead atoms. The number of nitrogens with zero attached hydrogens (tertiary/aromatic N) is 1. The average molecular weight is 318 g/mol. The highest BCUT2D eigenvalue weighted by molar-refractivity contribution is 8.03. The standard InChI is InChI=1S/C17H22N2O2S/c1-3-4-5-6-9-22-17-14(11-18)13(10-16(20)19-17)15-8-7-12(2)21-15/h7-8,13H,3-6,9-10H2,1-2H3,(H,19,20)/t13-/m0/s1. The van der Waals surface area contributed by atoms with E-state index in [2.05, 4.69) is 18.3 Å². The predicted octanol–water partition coefficient (Wildman–Crippen LogP) is 4.24. The monoisotopic (exact) mass is 318 g/mol. The summed E-state index contributed by atoms with van der Waals surface area (Å²) in [6, 6.07) is 6.00. The Bertz CT molecular complexity index is 598. The summed E-state index contributed by atoms with van der Waals surface area (Å²) in [6.45, 7) is 4.05. The summed E-state index contributed by atoms with van der Waals surface area (Å²) < 4.78 is 5.63. The van der Waals surface area contributed by atoms with E-state index in [0.29, 0.717) is 16.4 Å². The number of nitrogens with one attached hydrogen (secondary N) is 1. The number of allylic oxidation sites excluding steroid dienone is 1. The average Bonchev–Trinajstić information content (AvgIpc) is 2.93. The molecule has 1 amide bonds. The third kappa shape index (κ3) is 4.17. The van der Waals surface area contributed by atoms with E-state index in [9.17, 15) is 10.1 Å². The van der Waals surface area contributed by atoms with E-state index in [-0.39, 0.29) is 18.2 Å². The lowest BCUT2D eigenvalue weighted by atomic mass is 9.92. The second-order valence-corrected chi connectivity index (χ2v) is 6.62. The molecule has 1 atom stereocenters. The van der Waals surface area contributed by atoms with Gasteiger partial charge in [-0.05, 0) is 31.2 Å². The minimum Gasteiger partial charge on any atom is -0.466 e. The Kier molecular flexibility index (Phi) is 6.14. The zero-order chi connectivity index (χ0) is 15.9. The summed E-state index contributed by atoms with van der Waals surface area (Å²) in [5, 5.41) is 13.1. The SMILES string of the molecule is CCCCCCSC1=C(C#N)[C@@H](c2ccc(C)o2)CC(=O)N1. The summed E-state index contributed by atoms with van der Waals surface area (Å²) in [4.78, 5) is 12.0. The number of unbranched alkanes of at least 4 members (excludes halogenated alkanes) is 3. The van der Waals surface area contributed by atoms with E-state index in [1.165, 1.54) is 19.3 Å². The van der Waals surface area contributed by atoms with Gasteiger partial charge in [0.25, 0.3) is 0 Å². The Morgan fingerprint density at radius 1 is 1.41 bits per heavy atom. The second kappa shape index (κ2) is 8.09. The fourth-order valence-corrected chi connectivity index (χ4v) is 3.60. The van der Waals surface area contributed by atoms with Gasteiger partial charge in [-0.2, -0.15) is 5.26 Å². The third-order valence-electron chi connectivity index (χ3n) is 3.70. The number of hydrogen-bond donors (Lipinski definition) is 1. The molecule has 1 aromatic heterocycles. The molecule has 0 saturated heterocycles. The molecule has 0 aliphatic carbocycles. The fraction of sp³-hybridized carbons (Fsp3) is 0.529.